The Hall–Kier alpha value is -1.01. The van der Waals surface area contributed by atoms with E-state index in [1.54, 1.807) is 6.07 Å². The number of hydrogen-bond donors (Lipinski definition) is 0. The van der Waals surface area contributed by atoms with Crippen molar-refractivity contribution in [3.8, 4) is 6.07 Å². The van der Waals surface area contributed by atoms with E-state index in [0.717, 1.165) is 17.7 Å². The Balaban J connectivity index is 2.67. The smallest absolute Gasteiger partial charge is 0.124 e. The maximum Gasteiger partial charge on any atom is 0.124 e. The van der Waals surface area contributed by atoms with E-state index >= 15 is 0 Å². The predicted octanol–water partition coefficient (Wildman–Crippen LogP) is 4.25. The molecule has 2 atom stereocenters. The van der Waals surface area contributed by atoms with E-state index in [9.17, 15) is 4.39 Å². The Bertz CT molecular complexity index is 372. The minimum absolute atomic E-state index is 0.0956. The Morgan fingerprint density at radius 2 is 2.25 bits per heavy atom. The lowest BCUT2D eigenvalue weighted by Gasteiger charge is -2.16. The van der Waals surface area contributed by atoms with E-state index in [-0.39, 0.29) is 11.1 Å². The summed E-state index contributed by atoms with van der Waals surface area (Å²) in [4.78, 5) is 0.828. The van der Waals surface area contributed by atoms with Crippen molar-refractivity contribution in [1.82, 2.24) is 0 Å². The standard InChI is InChI=1S/C13H16FNS/c1-3-5-10(2)13(9-15)16-12-7-4-6-11(14)8-12/h4,6-8,10,13H,3,5H2,1-2H3. The van der Waals surface area contributed by atoms with Gasteiger partial charge in [0.15, 0.2) is 0 Å². The van der Waals surface area contributed by atoms with Crippen molar-refractivity contribution in [2.45, 2.75) is 36.8 Å². The molecule has 0 saturated heterocycles. The molecule has 0 heterocycles. The zero-order chi connectivity index (χ0) is 12.0. The summed E-state index contributed by atoms with van der Waals surface area (Å²) >= 11 is 1.45. The van der Waals surface area contributed by atoms with Crippen LogP contribution in [0, 0.1) is 23.1 Å². The lowest BCUT2D eigenvalue weighted by molar-refractivity contribution is 0.546. The van der Waals surface area contributed by atoms with Crippen LogP contribution in [0.3, 0.4) is 0 Å². The SMILES string of the molecule is CCCC(C)C(C#N)Sc1cccc(F)c1. The molecule has 0 aliphatic rings. The monoisotopic (exact) mass is 237 g/mol. The molecule has 0 saturated carbocycles. The molecule has 0 amide bonds. The summed E-state index contributed by atoms with van der Waals surface area (Å²) < 4.78 is 13.0. The fourth-order valence-electron chi connectivity index (χ4n) is 1.56. The summed E-state index contributed by atoms with van der Waals surface area (Å²) in [5.41, 5.74) is 0. The Labute approximate surface area is 101 Å². The molecule has 0 spiro atoms. The highest BCUT2D eigenvalue weighted by Gasteiger charge is 2.17. The second-order valence-corrected chi connectivity index (χ2v) is 5.11. The molecule has 0 bridgehead atoms. The molecule has 1 aromatic rings. The average Bonchev–Trinajstić information content (AvgIpc) is 2.26. The molecule has 0 radical (unpaired) electrons. The number of halogens is 1. The van der Waals surface area contributed by atoms with E-state index in [1.807, 2.05) is 6.07 Å². The molecule has 1 aromatic carbocycles. The van der Waals surface area contributed by atoms with Gasteiger partial charge >= 0.3 is 0 Å². The third-order valence-corrected chi connectivity index (χ3v) is 3.80. The van der Waals surface area contributed by atoms with Crippen LogP contribution in [0.4, 0.5) is 4.39 Å². The average molecular weight is 237 g/mol. The molecule has 86 valence electrons. The van der Waals surface area contributed by atoms with Gasteiger partial charge in [-0.05, 0) is 30.5 Å². The third-order valence-electron chi connectivity index (χ3n) is 2.45. The van der Waals surface area contributed by atoms with Crippen molar-refractivity contribution in [2.75, 3.05) is 0 Å². The highest BCUT2D eigenvalue weighted by molar-refractivity contribution is 8.00. The minimum Gasteiger partial charge on any atom is -0.207 e. The second kappa shape index (κ2) is 6.55. The predicted molar refractivity (Wildman–Crippen MR) is 65.7 cm³/mol. The summed E-state index contributed by atoms with van der Waals surface area (Å²) in [6, 6.07) is 8.71. The minimum atomic E-state index is -0.246. The zero-order valence-electron chi connectivity index (χ0n) is 9.61. The van der Waals surface area contributed by atoms with Gasteiger partial charge in [-0.2, -0.15) is 5.26 Å². The van der Waals surface area contributed by atoms with Crippen molar-refractivity contribution >= 4 is 11.8 Å². The fourth-order valence-corrected chi connectivity index (χ4v) is 2.62. The Morgan fingerprint density at radius 1 is 1.50 bits per heavy atom. The first kappa shape index (κ1) is 13.1. The number of nitrogens with zero attached hydrogens (tertiary/aromatic N) is 1. The van der Waals surface area contributed by atoms with Crippen molar-refractivity contribution in [1.29, 1.82) is 5.26 Å². The summed E-state index contributed by atoms with van der Waals surface area (Å²) in [6.07, 6.45) is 2.10. The first-order valence-electron chi connectivity index (χ1n) is 5.49. The van der Waals surface area contributed by atoms with E-state index in [0.29, 0.717) is 5.92 Å². The zero-order valence-corrected chi connectivity index (χ0v) is 10.4. The second-order valence-electron chi connectivity index (χ2n) is 3.89. The highest BCUT2D eigenvalue weighted by Crippen LogP contribution is 2.30. The quantitative estimate of drug-likeness (QED) is 0.715. The summed E-state index contributed by atoms with van der Waals surface area (Å²) in [5, 5.41) is 8.99. The maximum atomic E-state index is 13.0. The van der Waals surface area contributed by atoms with Gasteiger partial charge in [-0.3, -0.25) is 0 Å². The molecule has 16 heavy (non-hydrogen) atoms. The highest BCUT2D eigenvalue weighted by atomic mass is 32.2. The van der Waals surface area contributed by atoms with Gasteiger partial charge in [0.2, 0.25) is 0 Å². The molecule has 0 fully saturated rings. The molecular weight excluding hydrogens is 221 g/mol. The number of benzene rings is 1. The molecule has 1 rings (SSSR count). The summed E-state index contributed by atoms with van der Waals surface area (Å²) in [7, 11) is 0. The van der Waals surface area contributed by atoms with E-state index in [2.05, 4.69) is 19.9 Å². The lowest BCUT2D eigenvalue weighted by atomic mass is 10.0. The lowest BCUT2D eigenvalue weighted by Crippen LogP contribution is -2.11. The first-order valence-corrected chi connectivity index (χ1v) is 6.37. The van der Waals surface area contributed by atoms with Crippen LogP contribution in [0.1, 0.15) is 26.7 Å². The van der Waals surface area contributed by atoms with Crippen LogP contribution in [0.5, 0.6) is 0 Å². The fraction of sp³-hybridized carbons (Fsp3) is 0.462. The van der Waals surface area contributed by atoms with Crippen LogP contribution in [0.2, 0.25) is 0 Å². The number of nitriles is 1. The van der Waals surface area contributed by atoms with Crippen LogP contribution in [-0.4, -0.2) is 5.25 Å². The molecule has 0 aliphatic carbocycles. The topological polar surface area (TPSA) is 23.8 Å². The molecule has 0 aromatic heterocycles. The van der Waals surface area contributed by atoms with Crippen LogP contribution >= 0.6 is 11.8 Å². The van der Waals surface area contributed by atoms with Gasteiger partial charge in [0.1, 0.15) is 5.82 Å². The molecule has 0 aliphatic heterocycles. The van der Waals surface area contributed by atoms with Gasteiger partial charge in [0, 0.05) is 4.90 Å². The van der Waals surface area contributed by atoms with Gasteiger partial charge in [0.05, 0.1) is 11.3 Å². The van der Waals surface area contributed by atoms with Crippen LogP contribution in [0.25, 0.3) is 0 Å². The van der Waals surface area contributed by atoms with Gasteiger partial charge < -0.3 is 0 Å². The number of thioether (sulfide) groups is 1. The molecule has 0 N–H and O–H groups in total. The number of rotatable bonds is 5. The summed E-state index contributed by atoms with van der Waals surface area (Å²) in [6.45, 7) is 4.18. The Kier molecular flexibility index (Phi) is 5.34. The molecule has 2 unspecified atom stereocenters. The third kappa shape index (κ3) is 3.86. The van der Waals surface area contributed by atoms with Gasteiger partial charge in [-0.1, -0.05) is 26.3 Å². The van der Waals surface area contributed by atoms with Crippen molar-refractivity contribution in [3.05, 3.63) is 30.1 Å². The number of hydrogen-bond acceptors (Lipinski definition) is 2. The maximum absolute atomic E-state index is 13.0. The van der Waals surface area contributed by atoms with Crippen molar-refractivity contribution in [3.63, 3.8) is 0 Å². The van der Waals surface area contributed by atoms with Crippen molar-refractivity contribution < 1.29 is 4.39 Å². The normalized spacial score (nSPS) is 14.1. The van der Waals surface area contributed by atoms with Crippen LogP contribution in [-0.2, 0) is 0 Å². The molecular formula is C13H16FNS. The largest absolute Gasteiger partial charge is 0.207 e. The van der Waals surface area contributed by atoms with E-state index < -0.39 is 0 Å². The van der Waals surface area contributed by atoms with Crippen molar-refractivity contribution in [2.24, 2.45) is 5.92 Å². The van der Waals surface area contributed by atoms with Crippen LogP contribution in [0.15, 0.2) is 29.2 Å². The summed E-state index contributed by atoms with van der Waals surface area (Å²) in [5.74, 6) is 0.0908. The van der Waals surface area contributed by atoms with E-state index in [1.165, 1.54) is 23.9 Å². The van der Waals surface area contributed by atoms with E-state index in [4.69, 9.17) is 5.26 Å². The van der Waals surface area contributed by atoms with Gasteiger partial charge in [0.25, 0.3) is 0 Å². The van der Waals surface area contributed by atoms with Gasteiger partial charge in [-0.15, -0.1) is 11.8 Å². The Morgan fingerprint density at radius 3 is 2.81 bits per heavy atom. The molecule has 1 nitrogen and oxygen atoms in total. The van der Waals surface area contributed by atoms with Crippen LogP contribution < -0.4 is 0 Å². The molecule has 3 heteroatoms. The van der Waals surface area contributed by atoms with Gasteiger partial charge in [-0.25, -0.2) is 4.39 Å². The first-order chi connectivity index (χ1) is 7.67.